The molecule has 0 unspecified atom stereocenters. The Morgan fingerprint density at radius 2 is 2.18 bits per heavy atom. The Balaban J connectivity index is 1.68. The molecule has 3 rings (SSSR count). The van der Waals surface area contributed by atoms with Crippen LogP contribution in [-0.4, -0.2) is 23.0 Å². The summed E-state index contributed by atoms with van der Waals surface area (Å²) in [5.41, 5.74) is 0.965. The van der Waals surface area contributed by atoms with Crippen molar-refractivity contribution < 1.29 is 4.42 Å². The summed E-state index contributed by atoms with van der Waals surface area (Å²) < 4.78 is 5.35. The maximum absolute atomic E-state index is 5.35. The summed E-state index contributed by atoms with van der Waals surface area (Å²) in [6, 6.07) is 3.86. The van der Waals surface area contributed by atoms with Crippen LogP contribution in [0.15, 0.2) is 28.2 Å². The number of hydrogen-bond donors (Lipinski definition) is 0. The van der Waals surface area contributed by atoms with Crippen LogP contribution in [0.4, 0.5) is 0 Å². The molecule has 2 aromatic heterocycles. The van der Waals surface area contributed by atoms with Crippen molar-refractivity contribution in [3.8, 4) is 11.5 Å². The molecule has 0 bridgehead atoms. The summed E-state index contributed by atoms with van der Waals surface area (Å²) in [6.45, 7) is 3.43. The largest absolute Gasteiger partial charge is 0.463 e. The highest BCUT2D eigenvalue weighted by molar-refractivity contribution is 7.09. The third-order valence-corrected chi connectivity index (χ3v) is 3.97. The average molecular weight is 248 g/mol. The number of rotatable bonds is 3. The van der Waals surface area contributed by atoms with E-state index in [1.54, 1.807) is 17.6 Å². The SMILES string of the molecule is c1coc(-c2csc(CN3CCCCC3)n2)c1. The van der Waals surface area contributed by atoms with E-state index in [-0.39, 0.29) is 0 Å². The van der Waals surface area contributed by atoms with Gasteiger partial charge in [0.2, 0.25) is 0 Å². The van der Waals surface area contributed by atoms with Gasteiger partial charge in [-0.1, -0.05) is 6.42 Å². The summed E-state index contributed by atoms with van der Waals surface area (Å²) in [7, 11) is 0. The monoisotopic (exact) mass is 248 g/mol. The van der Waals surface area contributed by atoms with Crippen molar-refractivity contribution in [2.24, 2.45) is 0 Å². The molecule has 0 radical (unpaired) electrons. The molecule has 90 valence electrons. The first-order valence-electron chi connectivity index (χ1n) is 6.12. The smallest absolute Gasteiger partial charge is 0.153 e. The maximum Gasteiger partial charge on any atom is 0.153 e. The predicted molar refractivity (Wildman–Crippen MR) is 68.9 cm³/mol. The average Bonchev–Trinajstić information content (AvgIpc) is 3.00. The Bertz CT molecular complexity index is 457. The minimum absolute atomic E-state index is 0.867. The van der Waals surface area contributed by atoms with Crippen LogP contribution in [0.2, 0.25) is 0 Å². The van der Waals surface area contributed by atoms with Crippen LogP contribution in [0, 0.1) is 0 Å². The lowest BCUT2D eigenvalue weighted by atomic mass is 10.1. The van der Waals surface area contributed by atoms with Crippen molar-refractivity contribution in [3.63, 3.8) is 0 Å². The molecule has 1 aliphatic heterocycles. The van der Waals surface area contributed by atoms with Crippen molar-refractivity contribution in [3.05, 3.63) is 28.8 Å². The first-order valence-corrected chi connectivity index (χ1v) is 7.00. The van der Waals surface area contributed by atoms with Crippen LogP contribution < -0.4 is 0 Å². The summed E-state index contributed by atoms with van der Waals surface area (Å²) in [5.74, 6) is 0.867. The van der Waals surface area contributed by atoms with E-state index >= 15 is 0 Å². The van der Waals surface area contributed by atoms with Gasteiger partial charge in [-0.15, -0.1) is 11.3 Å². The summed E-state index contributed by atoms with van der Waals surface area (Å²) in [6.07, 6.45) is 5.73. The summed E-state index contributed by atoms with van der Waals surface area (Å²) in [4.78, 5) is 7.12. The van der Waals surface area contributed by atoms with E-state index in [0.717, 1.165) is 18.0 Å². The van der Waals surface area contributed by atoms with E-state index in [2.05, 4.69) is 15.3 Å². The number of nitrogens with zero attached hydrogens (tertiary/aromatic N) is 2. The number of hydrogen-bond acceptors (Lipinski definition) is 4. The van der Waals surface area contributed by atoms with Crippen LogP contribution in [0.1, 0.15) is 24.3 Å². The Morgan fingerprint density at radius 3 is 2.94 bits per heavy atom. The van der Waals surface area contributed by atoms with Gasteiger partial charge in [0.25, 0.3) is 0 Å². The van der Waals surface area contributed by atoms with E-state index in [0.29, 0.717) is 0 Å². The molecule has 17 heavy (non-hydrogen) atoms. The van der Waals surface area contributed by atoms with Gasteiger partial charge >= 0.3 is 0 Å². The normalized spacial score (nSPS) is 17.4. The van der Waals surface area contributed by atoms with Crippen molar-refractivity contribution in [1.82, 2.24) is 9.88 Å². The molecule has 0 aromatic carbocycles. The number of likely N-dealkylation sites (tertiary alicyclic amines) is 1. The highest BCUT2D eigenvalue weighted by Crippen LogP contribution is 2.23. The third-order valence-electron chi connectivity index (χ3n) is 3.13. The number of thiazole rings is 1. The maximum atomic E-state index is 5.35. The number of aromatic nitrogens is 1. The molecule has 3 nitrogen and oxygen atoms in total. The quantitative estimate of drug-likeness (QED) is 0.833. The molecule has 2 aromatic rings. The molecule has 0 amide bonds. The number of furan rings is 1. The van der Waals surface area contributed by atoms with Gasteiger partial charge in [-0.2, -0.15) is 0 Å². The first-order chi connectivity index (χ1) is 8.42. The number of piperidine rings is 1. The van der Waals surface area contributed by atoms with Crippen molar-refractivity contribution in [1.29, 1.82) is 0 Å². The van der Waals surface area contributed by atoms with Crippen LogP contribution in [0.3, 0.4) is 0 Å². The van der Waals surface area contributed by atoms with Gasteiger partial charge in [0.05, 0.1) is 12.8 Å². The van der Waals surface area contributed by atoms with Gasteiger partial charge in [-0.05, 0) is 38.1 Å². The highest BCUT2D eigenvalue weighted by atomic mass is 32.1. The minimum atomic E-state index is 0.867. The van der Waals surface area contributed by atoms with Crippen LogP contribution in [0.25, 0.3) is 11.5 Å². The van der Waals surface area contributed by atoms with Gasteiger partial charge in [0.15, 0.2) is 5.76 Å². The first kappa shape index (κ1) is 11.0. The minimum Gasteiger partial charge on any atom is -0.463 e. The van der Waals surface area contributed by atoms with Gasteiger partial charge < -0.3 is 4.42 Å². The lowest BCUT2D eigenvalue weighted by Gasteiger charge is -2.25. The fourth-order valence-corrected chi connectivity index (χ4v) is 3.05. The Morgan fingerprint density at radius 1 is 1.29 bits per heavy atom. The molecule has 1 aliphatic rings. The second-order valence-corrected chi connectivity index (χ2v) is 5.38. The molecule has 4 heteroatoms. The molecular formula is C13H16N2OS. The molecule has 0 saturated carbocycles. The lowest BCUT2D eigenvalue weighted by molar-refractivity contribution is 0.220. The zero-order chi connectivity index (χ0) is 11.5. The molecule has 0 N–H and O–H groups in total. The van der Waals surface area contributed by atoms with Gasteiger partial charge in [0, 0.05) is 5.38 Å². The molecule has 1 saturated heterocycles. The van der Waals surface area contributed by atoms with E-state index < -0.39 is 0 Å². The third kappa shape index (κ3) is 2.58. The second kappa shape index (κ2) is 5.02. The molecule has 1 fully saturated rings. The van der Waals surface area contributed by atoms with Crippen molar-refractivity contribution in [2.45, 2.75) is 25.8 Å². The van der Waals surface area contributed by atoms with Gasteiger partial charge in [0.1, 0.15) is 10.7 Å². The fraction of sp³-hybridized carbons (Fsp3) is 0.462. The Kier molecular flexibility index (Phi) is 3.25. The van der Waals surface area contributed by atoms with Crippen LogP contribution in [-0.2, 0) is 6.54 Å². The Hall–Kier alpha value is -1.13. The fourth-order valence-electron chi connectivity index (χ4n) is 2.23. The topological polar surface area (TPSA) is 29.3 Å². The molecule has 0 atom stereocenters. The zero-order valence-electron chi connectivity index (χ0n) is 9.76. The van der Waals surface area contributed by atoms with Crippen LogP contribution in [0.5, 0.6) is 0 Å². The standard InChI is InChI=1S/C13H16N2OS/c1-2-6-15(7-3-1)9-13-14-11(10-17-13)12-5-4-8-16-12/h4-5,8,10H,1-3,6-7,9H2. The Labute approximate surface area is 105 Å². The summed E-state index contributed by atoms with van der Waals surface area (Å²) in [5, 5.41) is 3.27. The lowest BCUT2D eigenvalue weighted by Crippen LogP contribution is -2.28. The van der Waals surface area contributed by atoms with E-state index in [9.17, 15) is 0 Å². The molecule has 3 heterocycles. The van der Waals surface area contributed by atoms with Gasteiger partial charge in [-0.3, -0.25) is 4.90 Å². The summed E-state index contributed by atoms with van der Waals surface area (Å²) >= 11 is 1.73. The van der Waals surface area contributed by atoms with E-state index in [1.807, 2.05) is 12.1 Å². The molecule has 0 spiro atoms. The van der Waals surface area contributed by atoms with Crippen molar-refractivity contribution in [2.75, 3.05) is 13.1 Å². The molecular weight excluding hydrogens is 232 g/mol. The van der Waals surface area contributed by atoms with Gasteiger partial charge in [-0.25, -0.2) is 4.98 Å². The van der Waals surface area contributed by atoms with E-state index in [1.165, 1.54) is 37.4 Å². The predicted octanol–water partition coefficient (Wildman–Crippen LogP) is 3.39. The highest BCUT2D eigenvalue weighted by Gasteiger charge is 2.13. The van der Waals surface area contributed by atoms with E-state index in [4.69, 9.17) is 4.42 Å². The second-order valence-electron chi connectivity index (χ2n) is 4.44. The molecule has 0 aliphatic carbocycles. The zero-order valence-corrected chi connectivity index (χ0v) is 10.6. The van der Waals surface area contributed by atoms with Crippen molar-refractivity contribution >= 4 is 11.3 Å². The van der Waals surface area contributed by atoms with Crippen LogP contribution >= 0.6 is 11.3 Å².